The first-order valence-corrected chi connectivity index (χ1v) is 11.7. The molecule has 2 aliphatic rings. The zero-order valence-electron chi connectivity index (χ0n) is 19.1. The van der Waals surface area contributed by atoms with Gasteiger partial charge in [-0.3, -0.25) is 9.69 Å². The summed E-state index contributed by atoms with van der Waals surface area (Å²) in [5.41, 5.74) is -1.00. The zero-order chi connectivity index (χ0) is 26.7. The Morgan fingerprint density at radius 3 is 2.44 bits per heavy atom. The summed E-state index contributed by atoms with van der Waals surface area (Å²) in [5, 5.41) is 8.56. The fraction of sp³-hybridized carbons (Fsp3) is 0.500. The van der Waals surface area contributed by atoms with Crippen molar-refractivity contribution >= 4 is 29.1 Å². The number of thioether (sulfide) groups is 1. The Bertz CT molecular complexity index is 1040. The minimum atomic E-state index is -4.91. The summed E-state index contributed by atoms with van der Waals surface area (Å²) in [6.45, 7) is 0.752. The fourth-order valence-corrected chi connectivity index (χ4v) is 4.94. The summed E-state index contributed by atoms with van der Waals surface area (Å²) in [5.74, 6) is 0.356. The number of likely N-dealkylation sites (N-methyl/N-ethyl adjacent to an activating group) is 1. The number of aliphatic imine (C=N–C) groups is 1. The molecule has 2 aliphatic heterocycles. The Morgan fingerprint density at radius 2 is 1.89 bits per heavy atom. The number of nitrogens with one attached hydrogen (secondary N) is 1. The number of alkyl halides is 6. The molecule has 0 aromatic heterocycles. The first-order valence-electron chi connectivity index (χ1n) is 10.9. The monoisotopic (exact) mass is 538 g/mol. The normalized spacial score (nSPS) is 20.1. The van der Waals surface area contributed by atoms with E-state index < -0.39 is 34.8 Å². The molecule has 36 heavy (non-hydrogen) atoms. The van der Waals surface area contributed by atoms with Gasteiger partial charge in [0.05, 0.1) is 16.0 Å². The Morgan fingerprint density at radius 1 is 1.22 bits per heavy atom. The van der Waals surface area contributed by atoms with E-state index in [-0.39, 0.29) is 30.6 Å². The van der Waals surface area contributed by atoms with Crippen molar-refractivity contribution in [3.05, 3.63) is 45.9 Å². The van der Waals surface area contributed by atoms with Crippen LogP contribution in [0.1, 0.15) is 29.5 Å². The summed E-state index contributed by atoms with van der Waals surface area (Å²) < 4.78 is 79.1. The summed E-state index contributed by atoms with van der Waals surface area (Å²) in [4.78, 5) is 30.7. The van der Waals surface area contributed by atoms with Crippen LogP contribution in [0, 0.1) is 5.92 Å². The topological polar surface area (TPSA) is 85.2 Å². The van der Waals surface area contributed by atoms with Gasteiger partial charge in [-0.15, -0.1) is 0 Å². The van der Waals surface area contributed by atoms with Gasteiger partial charge in [-0.1, -0.05) is 12.1 Å². The number of likely N-dealkylation sites (tertiary alicyclic amines) is 1. The fourth-order valence-electron chi connectivity index (χ4n) is 4.07. The van der Waals surface area contributed by atoms with Gasteiger partial charge in [-0.05, 0) is 61.3 Å². The van der Waals surface area contributed by atoms with Crippen molar-refractivity contribution in [2.45, 2.75) is 37.8 Å². The molecule has 0 spiro atoms. The summed E-state index contributed by atoms with van der Waals surface area (Å²) in [6, 6.07) is 0.816. The van der Waals surface area contributed by atoms with Crippen molar-refractivity contribution in [1.82, 2.24) is 15.3 Å². The van der Waals surface area contributed by atoms with Crippen LogP contribution in [0.5, 0.6) is 0 Å². The number of rotatable bonds is 7. The standard InChI is InChI=1S/C22H24F6N4O3S/c1-31(11-16(12-33)30-35)19-18(36-20(34)29-19)8-13-4-6-32(7-5-13)10-14-2-3-15(21(23,24)25)9-17(14)22(26,27)28/h2-3,8-9,12-13,16,30,35H,4-7,10-11H2,1H3. The predicted octanol–water partition coefficient (Wildman–Crippen LogP) is 4.56. The largest absolute Gasteiger partial charge is 0.416 e. The van der Waals surface area contributed by atoms with Gasteiger partial charge in [0.15, 0.2) is 0 Å². The average molecular weight is 539 g/mol. The molecule has 0 saturated carbocycles. The summed E-state index contributed by atoms with van der Waals surface area (Å²) >= 11 is 0.924. The minimum Gasteiger partial charge on any atom is -0.357 e. The number of carbonyl (C=O) groups excluding carboxylic acids is 2. The number of amides is 1. The molecule has 3 rings (SSSR count). The number of hydrogen-bond donors (Lipinski definition) is 2. The number of hydrogen-bond acceptors (Lipinski definition) is 7. The molecule has 1 aromatic carbocycles. The maximum Gasteiger partial charge on any atom is 0.416 e. The van der Waals surface area contributed by atoms with Crippen molar-refractivity contribution in [3.8, 4) is 0 Å². The molecule has 0 radical (unpaired) electrons. The third kappa shape index (κ3) is 7.08. The van der Waals surface area contributed by atoms with Crippen molar-refractivity contribution < 1.29 is 41.1 Å². The van der Waals surface area contributed by atoms with Gasteiger partial charge in [0, 0.05) is 20.1 Å². The SMILES string of the molecule is CN(CC(C=O)NO)C1=NC(=O)SC1=CC1CCN(Cc2ccc(C(F)(F)F)cc2C(F)(F)F)CC1. The smallest absolute Gasteiger partial charge is 0.357 e. The number of hydroxylamine groups is 1. The van der Waals surface area contributed by atoms with E-state index in [1.165, 1.54) is 0 Å². The molecule has 198 valence electrons. The molecule has 1 unspecified atom stereocenters. The molecule has 0 bridgehead atoms. The van der Waals surface area contributed by atoms with E-state index in [2.05, 4.69) is 4.99 Å². The maximum absolute atomic E-state index is 13.4. The number of piperidine rings is 1. The van der Waals surface area contributed by atoms with Crippen molar-refractivity contribution in [3.63, 3.8) is 0 Å². The van der Waals surface area contributed by atoms with Crippen molar-refractivity contribution in [2.75, 3.05) is 26.7 Å². The maximum atomic E-state index is 13.4. The number of aldehydes is 1. The van der Waals surface area contributed by atoms with Crippen molar-refractivity contribution in [2.24, 2.45) is 10.9 Å². The van der Waals surface area contributed by atoms with Crippen molar-refractivity contribution in [1.29, 1.82) is 0 Å². The van der Waals surface area contributed by atoms with Crippen LogP contribution in [-0.2, 0) is 23.7 Å². The second-order valence-electron chi connectivity index (χ2n) is 8.57. The lowest BCUT2D eigenvalue weighted by Gasteiger charge is -2.32. The van der Waals surface area contributed by atoms with Crippen LogP contribution in [-0.4, -0.2) is 65.1 Å². The van der Waals surface area contributed by atoms with Gasteiger partial charge in [0.1, 0.15) is 18.2 Å². The molecular weight excluding hydrogens is 514 g/mol. The number of allylic oxidation sites excluding steroid dienone is 1. The highest BCUT2D eigenvalue weighted by molar-refractivity contribution is 8.18. The second-order valence-corrected chi connectivity index (χ2v) is 9.56. The molecule has 14 heteroatoms. The van der Waals surface area contributed by atoms with E-state index in [9.17, 15) is 35.9 Å². The molecule has 2 N–H and O–H groups in total. The molecular formula is C22H24F6N4O3S. The molecule has 7 nitrogen and oxygen atoms in total. The molecule has 1 aromatic rings. The van der Waals surface area contributed by atoms with Crippen LogP contribution in [0.4, 0.5) is 31.1 Å². The predicted molar refractivity (Wildman–Crippen MR) is 120 cm³/mol. The third-order valence-corrected chi connectivity index (χ3v) is 6.74. The lowest BCUT2D eigenvalue weighted by Crippen LogP contribution is -2.41. The first kappa shape index (κ1) is 28.2. The van der Waals surface area contributed by atoms with E-state index >= 15 is 0 Å². The Balaban J connectivity index is 1.66. The number of amidine groups is 1. The van der Waals surface area contributed by atoms with E-state index in [1.807, 2.05) is 11.6 Å². The first-order chi connectivity index (χ1) is 16.8. The summed E-state index contributed by atoms with van der Waals surface area (Å²) in [7, 11) is 1.62. The lowest BCUT2D eigenvalue weighted by molar-refractivity contribution is -0.143. The van der Waals surface area contributed by atoms with Crippen LogP contribution >= 0.6 is 11.8 Å². The Labute approximate surface area is 207 Å². The molecule has 1 atom stereocenters. The van der Waals surface area contributed by atoms with Crippen LogP contribution < -0.4 is 5.48 Å². The number of benzene rings is 1. The average Bonchev–Trinajstić information content (AvgIpc) is 3.17. The van der Waals surface area contributed by atoms with Crippen LogP contribution in [0.2, 0.25) is 0 Å². The third-order valence-electron chi connectivity index (χ3n) is 5.93. The summed E-state index contributed by atoms with van der Waals surface area (Å²) in [6.07, 6.45) is -6.28. The number of nitrogens with zero attached hydrogens (tertiary/aromatic N) is 3. The van der Waals surface area contributed by atoms with Gasteiger partial charge >= 0.3 is 17.6 Å². The molecule has 0 aliphatic carbocycles. The van der Waals surface area contributed by atoms with Crippen LogP contribution in [0.3, 0.4) is 0 Å². The number of halogens is 6. The van der Waals surface area contributed by atoms with Gasteiger partial charge in [0.2, 0.25) is 0 Å². The van der Waals surface area contributed by atoms with Gasteiger partial charge < -0.3 is 14.9 Å². The molecule has 1 fully saturated rings. The molecule has 1 saturated heterocycles. The van der Waals surface area contributed by atoms with Crippen LogP contribution in [0.15, 0.2) is 34.2 Å². The van der Waals surface area contributed by atoms with E-state index in [1.54, 1.807) is 16.8 Å². The molecule has 1 amide bonds. The van der Waals surface area contributed by atoms with E-state index in [0.29, 0.717) is 49.0 Å². The minimum absolute atomic E-state index is 0.000719. The van der Waals surface area contributed by atoms with E-state index in [4.69, 9.17) is 5.21 Å². The quantitative estimate of drug-likeness (QED) is 0.299. The highest BCUT2D eigenvalue weighted by Gasteiger charge is 2.38. The number of carbonyl (C=O) groups is 2. The van der Waals surface area contributed by atoms with Crippen LogP contribution in [0.25, 0.3) is 0 Å². The van der Waals surface area contributed by atoms with E-state index in [0.717, 1.165) is 17.8 Å². The zero-order valence-corrected chi connectivity index (χ0v) is 19.9. The van der Waals surface area contributed by atoms with Gasteiger partial charge in [0.25, 0.3) is 0 Å². The van der Waals surface area contributed by atoms with Gasteiger partial charge in [-0.25, -0.2) is 0 Å². The molecule has 2 heterocycles. The Hall–Kier alpha value is -2.42. The Kier molecular flexibility index (Phi) is 8.85. The highest BCUT2D eigenvalue weighted by atomic mass is 32.2. The second kappa shape index (κ2) is 11.3. The highest BCUT2D eigenvalue weighted by Crippen LogP contribution is 2.38. The lowest BCUT2D eigenvalue weighted by atomic mass is 9.95. The van der Waals surface area contributed by atoms with Gasteiger partial charge in [-0.2, -0.15) is 36.8 Å².